The lowest BCUT2D eigenvalue weighted by Gasteiger charge is -2.18. The molecular weight excluding hydrogens is 274 g/mol. The predicted octanol–water partition coefficient (Wildman–Crippen LogP) is 2.43. The molecule has 1 saturated heterocycles. The van der Waals surface area contributed by atoms with Crippen molar-refractivity contribution in [3.8, 4) is 0 Å². The fourth-order valence-corrected chi connectivity index (χ4v) is 4.94. The predicted molar refractivity (Wildman–Crippen MR) is 79.3 cm³/mol. The zero-order valence-electron chi connectivity index (χ0n) is 11.5. The van der Waals surface area contributed by atoms with E-state index >= 15 is 0 Å². The summed E-state index contributed by atoms with van der Waals surface area (Å²) in [5.41, 5.74) is 8.20. The third-order valence-electron chi connectivity index (χ3n) is 4.14. The van der Waals surface area contributed by atoms with Gasteiger partial charge in [0.15, 0.2) is 9.84 Å². The number of furan rings is 1. The Morgan fingerprint density at radius 1 is 1.40 bits per heavy atom. The second kappa shape index (κ2) is 4.90. The van der Waals surface area contributed by atoms with Crippen LogP contribution in [0, 0.1) is 5.92 Å². The van der Waals surface area contributed by atoms with E-state index in [1.165, 1.54) is 0 Å². The molecule has 0 saturated carbocycles. The molecule has 5 heteroatoms. The van der Waals surface area contributed by atoms with E-state index in [0.717, 1.165) is 28.7 Å². The summed E-state index contributed by atoms with van der Waals surface area (Å²) in [6, 6.07) is 7.54. The Hall–Kier alpha value is -1.33. The second-order valence-corrected chi connectivity index (χ2v) is 7.71. The summed E-state index contributed by atoms with van der Waals surface area (Å²) in [6.45, 7) is 2.03. The molecule has 2 heterocycles. The first-order valence-corrected chi connectivity index (χ1v) is 8.80. The van der Waals surface area contributed by atoms with E-state index in [4.69, 9.17) is 10.2 Å². The van der Waals surface area contributed by atoms with E-state index in [2.05, 4.69) is 0 Å². The third-order valence-corrected chi connectivity index (χ3v) is 5.93. The standard InChI is InChI=1S/C15H19NO3S/c1-2-12-14(11-5-3-4-6-13(11)19-12)15(16)10-7-8-20(17,18)9-10/h3-6,10,15H,2,7-9,16H2,1H3. The number of rotatable bonds is 3. The number of benzene rings is 1. The Labute approximate surface area is 118 Å². The fourth-order valence-electron chi connectivity index (χ4n) is 3.09. The van der Waals surface area contributed by atoms with Gasteiger partial charge < -0.3 is 10.2 Å². The zero-order chi connectivity index (χ0) is 14.3. The van der Waals surface area contributed by atoms with Crippen molar-refractivity contribution in [1.29, 1.82) is 0 Å². The second-order valence-electron chi connectivity index (χ2n) is 5.48. The van der Waals surface area contributed by atoms with Crippen LogP contribution in [0.25, 0.3) is 11.0 Å². The van der Waals surface area contributed by atoms with E-state index in [1.54, 1.807) is 0 Å². The molecule has 1 fully saturated rings. The van der Waals surface area contributed by atoms with Gasteiger partial charge in [-0.25, -0.2) is 8.42 Å². The normalized spacial score (nSPS) is 23.2. The Morgan fingerprint density at radius 2 is 2.15 bits per heavy atom. The topological polar surface area (TPSA) is 73.3 Å². The highest BCUT2D eigenvalue weighted by atomic mass is 32.2. The molecule has 0 aliphatic carbocycles. The summed E-state index contributed by atoms with van der Waals surface area (Å²) in [5.74, 6) is 1.31. The Bertz CT molecular complexity index is 733. The molecule has 20 heavy (non-hydrogen) atoms. The summed E-state index contributed by atoms with van der Waals surface area (Å²) < 4.78 is 29.2. The van der Waals surface area contributed by atoms with Gasteiger partial charge in [0.2, 0.25) is 0 Å². The lowest BCUT2D eigenvalue weighted by molar-refractivity contribution is 0.463. The fraction of sp³-hybridized carbons (Fsp3) is 0.467. The van der Waals surface area contributed by atoms with Crippen LogP contribution < -0.4 is 5.73 Å². The van der Waals surface area contributed by atoms with Crippen molar-refractivity contribution in [3.63, 3.8) is 0 Å². The Balaban J connectivity index is 2.05. The Morgan fingerprint density at radius 3 is 2.80 bits per heavy atom. The van der Waals surface area contributed by atoms with E-state index in [9.17, 15) is 8.42 Å². The lowest BCUT2D eigenvalue weighted by atomic mass is 9.91. The molecule has 1 aromatic carbocycles. The number of sulfone groups is 1. The van der Waals surface area contributed by atoms with Crippen LogP contribution in [-0.4, -0.2) is 19.9 Å². The number of hydrogen-bond donors (Lipinski definition) is 1. The number of nitrogens with two attached hydrogens (primary N) is 1. The molecule has 1 aliphatic heterocycles. The first kappa shape index (κ1) is 13.6. The zero-order valence-corrected chi connectivity index (χ0v) is 12.3. The quantitative estimate of drug-likeness (QED) is 0.943. The molecule has 2 unspecified atom stereocenters. The minimum Gasteiger partial charge on any atom is -0.461 e. The van der Waals surface area contributed by atoms with Crippen LogP contribution in [0.1, 0.15) is 30.7 Å². The highest BCUT2D eigenvalue weighted by Crippen LogP contribution is 2.37. The summed E-state index contributed by atoms with van der Waals surface area (Å²) in [7, 11) is -2.92. The van der Waals surface area contributed by atoms with E-state index < -0.39 is 9.84 Å². The summed E-state index contributed by atoms with van der Waals surface area (Å²) >= 11 is 0. The van der Waals surface area contributed by atoms with Gasteiger partial charge in [-0.15, -0.1) is 0 Å². The molecule has 1 aromatic heterocycles. The van der Waals surface area contributed by atoms with Gasteiger partial charge in [0, 0.05) is 23.4 Å². The van der Waals surface area contributed by atoms with Crippen molar-refractivity contribution < 1.29 is 12.8 Å². The van der Waals surface area contributed by atoms with Gasteiger partial charge in [0.25, 0.3) is 0 Å². The van der Waals surface area contributed by atoms with Gasteiger partial charge in [-0.05, 0) is 18.4 Å². The van der Waals surface area contributed by atoms with Gasteiger partial charge in [-0.3, -0.25) is 0 Å². The maximum absolute atomic E-state index is 11.7. The van der Waals surface area contributed by atoms with Crippen LogP contribution >= 0.6 is 0 Å². The number of fused-ring (bicyclic) bond motifs is 1. The van der Waals surface area contributed by atoms with Gasteiger partial charge >= 0.3 is 0 Å². The van der Waals surface area contributed by atoms with Crippen molar-refractivity contribution in [2.24, 2.45) is 11.7 Å². The highest BCUT2D eigenvalue weighted by molar-refractivity contribution is 7.91. The summed E-state index contributed by atoms with van der Waals surface area (Å²) in [4.78, 5) is 0. The molecule has 3 rings (SSSR count). The minimum atomic E-state index is -2.92. The van der Waals surface area contributed by atoms with Crippen LogP contribution in [0.4, 0.5) is 0 Å². The highest BCUT2D eigenvalue weighted by Gasteiger charge is 2.35. The molecule has 2 aromatic rings. The molecule has 0 radical (unpaired) electrons. The van der Waals surface area contributed by atoms with Crippen LogP contribution in [0.3, 0.4) is 0 Å². The maximum atomic E-state index is 11.7. The Kier molecular flexibility index (Phi) is 3.34. The SMILES string of the molecule is CCc1oc2ccccc2c1C(N)C1CCS(=O)(=O)C1. The molecule has 4 nitrogen and oxygen atoms in total. The largest absolute Gasteiger partial charge is 0.461 e. The first-order valence-electron chi connectivity index (χ1n) is 6.98. The van der Waals surface area contributed by atoms with Gasteiger partial charge in [-0.1, -0.05) is 25.1 Å². The van der Waals surface area contributed by atoms with Crippen molar-refractivity contribution >= 4 is 20.8 Å². The van der Waals surface area contributed by atoms with Crippen molar-refractivity contribution in [3.05, 3.63) is 35.6 Å². The molecule has 0 amide bonds. The molecule has 0 bridgehead atoms. The van der Waals surface area contributed by atoms with Crippen LogP contribution in [0.15, 0.2) is 28.7 Å². The minimum absolute atomic E-state index is 0.00805. The number of hydrogen-bond acceptors (Lipinski definition) is 4. The maximum Gasteiger partial charge on any atom is 0.150 e. The van der Waals surface area contributed by atoms with Crippen LogP contribution in [-0.2, 0) is 16.3 Å². The molecule has 2 atom stereocenters. The van der Waals surface area contributed by atoms with Crippen LogP contribution in [0.5, 0.6) is 0 Å². The summed E-state index contributed by atoms with van der Waals surface area (Å²) in [5, 5.41) is 1.01. The van der Waals surface area contributed by atoms with Crippen molar-refractivity contribution in [1.82, 2.24) is 0 Å². The lowest BCUT2D eigenvalue weighted by Crippen LogP contribution is -2.23. The molecule has 108 valence electrons. The van der Waals surface area contributed by atoms with E-state index in [-0.39, 0.29) is 23.5 Å². The smallest absolute Gasteiger partial charge is 0.150 e. The summed E-state index contributed by atoms with van der Waals surface area (Å²) in [6.07, 6.45) is 1.41. The number of aryl methyl sites for hydroxylation is 1. The first-order chi connectivity index (χ1) is 9.52. The van der Waals surface area contributed by atoms with Gasteiger partial charge in [0.1, 0.15) is 11.3 Å². The van der Waals surface area contributed by atoms with Crippen LogP contribution in [0.2, 0.25) is 0 Å². The molecular formula is C15H19NO3S. The van der Waals surface area contributed by atoms with Crippen molar-refractivity contribution in [2.75, 3.05) is 11.5 Å². The van der Waals surface area contributed by atoms with Gasteiger partial charge in [0.05, 0.1) is 11.5 Å². The average molecular weight is 293 g/mol. The molecule has 0 spiro atoms. The average Bonchev–Trinajstić information content (AvgIpc) is 2.97. The monoisotopic (exact) mass is 293 g/mol. The number of para-hydroxylation sites is 1. The van der Waals surface area contributed by atoms with Gasteiger partial charge in [-0.2, -0.15) is 0 Å². The molecule has 1 aliphatic rings. The molecule has 2 N–H and O–H groups in total. The van der Waals surface area contributed by atoms with Crippen molar-refractivity contribution in [2.45, 2.75) is 25.8 Å². The third kappa shape index (κ3) is 2.25. The van der Waals surface area contributed by atoms with E-state index in [0.29, 0.717) is 6.42 Å². The van der Waals surface area contributed by atoms with E-state index in [1.807, 2.05) is 31.2 Å².